The van der Waals surface area contributed by atoms with E-state index in [1.807, 2.05) is 36.4 Å². The zero-order valence-corrected chi connectivity index (χ0v) is 8.79. The number of hydrogen-bond donors (Lipinski definition) is 1. The zero-order valence-electron chi connectivity index (χ0n) is 8.03. The van der Waals surface area contributed by atoms with Gasteiger partial charge >= 0.3 is 0 Å². The van der Waals surface area contributed by atoms with E-state index in [1.54, 1.807) is 6.07 Å². The minimum atomic E-state index is -0.119. The van der Waals surface area contributed by atoms with Crippen LogP contribution in [0.2, 0.25) is 0 Å². The van der Waals surface area contributed by atoms with E-state index in [4.69, 9.17) is 11.6 Å². The number of rotatable bonds is 2. The van der Waals surface area contributed by atoms with Gasteiger partial charge < -0.3 is 4.98 Å². The molecule has 3 heteroatoms. The molecule has 0 atom stereocenters. The molecular weight excluding hydrogens is 210 g/mol. The molecule has 0 bridgehead atoms. The number of hydrogen-bond acceptors (Lipinski definition) is 1. The van der Waals surface area contributed by atoms with Crippen LogP contribution in [0, 0.1) is 0 Å². The molecule has 0 saturated heterocycles. The van der Waals surface area contributed by atoms with Crippen molar-refractivity contribution in [1.82, 2.24) is 4.98 Å². The Morgan fingerprint density at radius 2 is 1.80 bits per heavy atom. The van der Waals surface area contributed by atoms with Crippen LogP contribution in [0.15, 0.2) is 47.3 Å². The topological polar surface area (TPSA) is 32.9 Å². The van der Waals surface area contributed by atoms with E-state index in [1.165, 1.54) is 0 Å². The van der Waals surface area contributed by atoms with E-state index >= 15 is 0 Å². The Morgan fingerprint density at radius 1 is 1.07 bits per heavy atom. The van der Waals surface area contributed by atoms with Gasteiger partial charge in [-0.05, 0) is 11.6 Å². The fourth-order valence-electron chi connectivity index (χ4n) is 1.40. The minimum absolute atomic E-state index is 0.119. The molecule has 0 spiro atoms. The molecule has 2 aromatic rings. The average molecular weight is 220 g/mol. The van der Waals surface area contributed by atoms with E-state index in [2.05, 4.69) is 4.98 Å². The molecule has 1 aromatic carbocycles. The monoisotopic (exact) mass is 219 g/mol. The van der Waals surface area contributed by atoms with Crippen LogP contribution in [0.5, 0.6) is 0 Å². The van der Waals surface area contributed by atoms with Crippen molar-refractivity contribution < 1.29 is 0 Å². The SMILES string of the molecule is O=c1[nH]c(-c2ccccc2)ccc1CCl. The van der Waals surface area contributed by atoms with Crippen molar-refractivity contribution in [3.63, 3.8) is 0 Å². The number of alkyl halides is 1. The highest BCUT2D eigenvalue weighted by Gasteiger charge is 2.01. The van der Waals surface area contributed by atoms with Gasteiger partial charge in [0.05, 0.1) is 5.88 Å². The van der Waals surface area contributed by atoms with Crippen LogP contribution in [0.1, 0.15) is 5.56 Å². The smallest absolute Gasteiger partial charge is 0.252 e. The third-order valence-electron chi connectivity index (χ3n) is 2.22. The predicted molar refractivity (Wildman–Crippen MR) is 62.1 cm³/mol. The van der Waals surface area contributed by atoms with E-state index in [0.717, 1.165) is 11.3 Å². The molecule has 0 saturated carbocycles. The average Bonchev–Trinajstić information content (AvgIpc) is 2.30. The first-order chi connectivity index (χ1) is 7.31. The Bertz CT molecular complexity index is 505. The predicted octanol–water partition coefficient (Wildman–Crippen LogP) is 2.78. The van der Waals surface area contributed by atoms with Crippen LogP contribution in [-0.4, -0.2) is 4.98 Å². The highest BCUT2D eigenvalue weighted by atomic mass is 35.5. The molecule has 0 fully saturated rings. The van der Waals surface area contributed by atoms with Crippen molar-refractivity contribution in [3.8, 4) is 11.3 Å². The molecule has 2 nitrogen and oxygen atoms in total. The summed E-state index contributed by atoms with van der Waals surface area (Å²) in [5.41, 5.74) is 2.29. The molecule has 2 rings (SSSR count). The fraction of sp³-hybridized carbons (Fsp3) is 0.0833. The van der Waals surface area contributed by atoms with E-state index in [9.17, 15) is 4.79 Å². The lowest BCUT2D eigenvalue weighted by Gasteiger charge is -2.01. The number of halogens is 1. The van der Waals surface area contributed by atoms with Gasteiger partial charge in [0.2, 0.25) is 0 Å². The summed E-state index contributed by atoms with van der Waals surface area (Å²) in [6.07, 6.45) is 0. The Hall–Kier alpha value is -1.54. The highest BCUT2D eigenvalue weighted by Crippen LogP contribution is 2.14. The Morgan fingerprint density at radius 3 is 2.40 bits per heavy atom. The second-order valence-electron chi connectivity index (χ2n) is 3.23. The highest BCUT2D eigenvalue weighted by molar-refractivity contribution is 6.17. The summed E-state index contributed by atoms with van der Waals surface area (Å²) < 4.78 is 0. The lowest BCUT2D eigenvalue weighted by Crippen LogP contribution is -2.11. The van der Waals surface area contributed by atoms with Gasteiger partial charge in [0.15, 0.2) is 0 Å². The van der Waals surface area contributed by atoms with Crippen molar-refractivity contribution in [3.05, 3.63) is 58.4 Å². The van der Waals surface area contributed by atoms with Gasteiger partial charge in [-0.1, -0.05) is 36.4 Å². The number of benzene rings is 1. The molecule has 0 radical (unpaired) electrons. The van der Waals surface area contributed by atoms with Gasteiger partial charge in [0.25, 0.3) is 5.56 Å². The van der Waals surface area contributed by atoms with E-state index in [-0.39, 0.29) is 11.4 Å². The molecule has 1 aromatic heterocycles. The summed E-state index contributed by atoms with van der Waals surface area (Å²) in [6.45, 7) is 0. The third-order valence-corrected chi connectivity index (χ3v) is 2.51. The Kier molecular flexibility index (Phi) is 2.88. The first-order valence-electron chi connectivity index (χ1n) is 4.65. The van der Waals surface area contributed by atoms with Gasteiger partial charge in [-0.15, -0.1) is 11.6 Å². The van der Waals surface area contributed by atoms with Crippen LogP contribution in [-0.2, 0) is 5.88 Å². The van der Waals surface area contributed by atoms with Crippen LogP contribution in [0.4, 0.5) is 0 Å². The number of nitrogens with one attached hydrogen (secondary N) is 1. The van der Waals surface area contributed by atoms with Crippen molar-refractivity contribution in [2.24, 2.45) is 0 Å². The van der Waals surface area contributed by atoms with Crippen LogP contribution in [0.3, 0.4) is 0 Å². The second kappa shape index (κ2) is 4.32. The standard InChI is InChI=1S/C12H10ClNO/c13-8-10-6-7-11(14-12(10)15)9-4-2-1-3-5-9/h1-7H,8H2,(H,14,15). The van der Waals surface area contributed by atoms with Gasteiger partial charge in [-0.3, -0.25) is 4.79 Å². The number of pyridine rings is 1. The summed E-state index contributed by atoms with van der Waals surface area (Å²) in [5, 5.41) is 0. The van der Waals surface area contributed by atoms with Crippen LogP contribution >= 0.6 is 11.6 Å². The number of H-pyrrole nitrogens is 1. The lowest BCUT2D eigenvalue weighted by atomic mass is 10.1. The van der Waals surface area contributed by atoms with Crippen molar-refractivity contribution in [2.75, 3.05) is 0 Å². The molecule has 0 aliphatic carbocycles. The summed E-state index contributed by atoms with van der Waals surface area (Å²) in [4.78, 5) is 14.3. The third kappa shape index (κ3) is 2.10. The quantitative estimate of drug-likeness (QED) is 0.775. The molecule has 0 amide bonds. The molecular formula is C12H10ClNO. The minimum Gasteiger partial charge on any atom is -0.322 e. The van der Waals surface area contributed by atoms with Gasteiger partial charge in [0.1, 0.15) is 0 Å². The Balaban J connectivity index is 2.48. The van der Waals surface area contributed by atoms with Gasteiger partial charge in [-0.2, -0.15) is 0 Å². The lowest BCUT2D eigenvalue weighted by molar-refractivity contribution is 1.17. The maximum Gasteiger partial charge on any atom is 0.252 e. The molecule has 0 aliphatic rings. The maximum atomic E-state index is 11.5. The summed E-state index contributed by atoms with van der Waals surface area (Å²) in [7, 11) is 0. The molecule has 15 heavy (non-hydrogen) atoms. The van der Waals surface area contributed by atoms with E-state index in [0.29, 0.717) is 5.56 Å². The van der Waals surface area contributed by atoms with Crippen LogP contribution < -0.4 is 5.56 Å². The normalized spacial score (nSPS) is 10.2. The Labute approximate surface area is 92.5 Å². The number of aromatic nitrogens is 1. The largest absolute Gasteiger partial charge is 0.322 e. The van der Waals surface area contributed by atoms with Crippen molar-refractivity contribution in [2.45, 2.75) is 5.88 Å². The van der Waals surface area contributed by atoms with E-state index < -0.39 is 0 Å². The number of aromatic amines is 1. The fourth-order valence-corrected chi connectivity index (χ4v) is 1.61. The second-order valence-corrected chi connectivity index (χ2v) is 3.49. The zero-order chi connectivity index (χ0) is 10.7. The van der Waals surface area contributed by atoms with Crippen molar-refractivity contribution in [1.29, 1.82) is 0 Å². The van der Waals surface area contributed by atoms with Gasteiger partial charge in [0, 0.05) is 11.3 Å². The first kappa shape index (κ1) is 9.99. The van der Waals surface area contributed by atoms with Crippen LogP contribution in [0.25, 0.3) is 11.3 Å². The summed E-state index contributed by atoms with van der Waals surface area (Å²) >= 11 is 5.61. The molecule has 1 heterocycles. The first-order valence-corrected chi connectivity index (χ1v) is 5.18. The summed E-state index contributed by atoms with van der Waals surface area (Å²) in [6, 6.07) is 13.3. The summed E-state index contributed by atoms with van der Waals surface area (Å²) in [5.74, 6) is 0.240. The maximum absolute atomic E-state index is 11.5. The molecule has 0 aliphatic heterocycles. The molecule has 76 valence electrons. The van der Waals surface area contributed by atoms with Crippen molar-refractivity contribution >= 4 is 11.6 Å². The van der Waals surface area contributed by atoms with Gasteiger partial charge in [-0.25, -0.2) is 0 Å². The molecule has 1 N–H and O–H groups in total. The molecule has 0 unspecified atom stereocenters.